The van der Waals surface area contributed by atoms with Crippen molar-refractivity contribution in [1.29, 1.82) is 0 Å². The number of phenolic OH excluding ortho intramolecular Hbond substituents is 2. The van der Waals surface area contributed by atoms with Crippen molar-refractivity contribution in [3.63, 3.8) is 0 Å². The largest absolute Gasteiger partial charge is 0.504 e. The highest BCUT2D eigenvalue weighted by Gasteiger charge is 2.53. The van der Waals surface area contributed by atoms with Gasteiger partial charge in [-0.25, -0.2) is 0 Å². The molecule has 0 amide bonds. The Morgan fingerprint density at radius 1 is 1.05 bits per heavy atom. The highest BCUT2D eigenvalue weighted by Crippen LogP contribution is 2.40. The van der Waals surface area contributed by atoms with Gasteiger partial charge in [-0.1, -0.05) is 6.07 Å². The lowest BCUT2D eigenvalue weighted by atomic mass is 9.75. The van der Waals surface area contributed by atoms with E-state index in [1.165, 1.54) is 12.1 Å². The van der Waals surface area contributed by atoms with E-state index < -0.39 is 24.3 Å². The molecule has 1 unspecified atom stereocenters. The van der Waals surface area contributed by atoms with Crippen LogP contribution in [0.15, 0.2) is 18.2 Å². The van der Waals surface area contributed by atoms with E-state index in [4.69, 9.17) is 15.0 Å². The number of rotatable bonds is 2. The Balaban J connectivity index is 2.22. The summed E-state index contributed by atoms with van der Waals surface area (Å²) in [6.45, 7) is 7.81. The van der Waals surface area contributed by atoms with Crippen LogP contribution in [-0.2, 0) is 9.31 Å². The van der Waals surface area contributed by atoms with Crippen LogP contribution in [-0.4, -0.2) is 28.5 Å². The predicted molar refractivity (Wildman–Crippen MR) is 72.8 cm³/mol. The van der Waals surface area contributed by atoms with Gasteiger partial charge < -0.3 is 25.3 Å². The van der Waals surface area contributed by atoms with Gasteiger partial charge in [-0.05, 0) is 45.4 Å². The maximum absolute atomic E-state index is 9.51. The third-order valence-corrected chi connectivity index (χ3v) is 3.95. The van der Waals surface area contributed by atoms with E-state index in [1.807, 2.05) is 27.7 Å². The average molecular weight is 265 g/mol. The molecule has 0 radical (unpaired) electrons. The molecular weight excluding hydrogens is 245 g/mol. The molecule has 1 aromatic rings. The van der Waals surface area contributed by atoms with Crippen molar-refractivity contribution >= 4 is 7.12 Å². The lowest BCUT2D eigenvalue weighted by molar-refractivity contribution is 0.00578. The third-order valence-electron chi connectivity index (χ3n) is 3.95. The molecule has 1 saturated heterocycles. The van der Waals surface area contributed by atoms with Crippen LogP contribution in [0.5, 0.6) is 11.5 Å². The standard InChI is InChI=1S/C13H20BNO4/c1-12(2)13(3,4)19-14(18-12)11(15)8-5-6-9(16)10(17)7-8/h5-7,11,16-17H,15H2,1-4H3. The molecule has 1 aromatic carbocycles. The minimum absolute atomic E-state index is 0.176. The summed E-state index contributed by atoms with van der Waals surface area (Å²) in [5.41, 5.74) is 5.87. The Morgan fingerprint density at radius 3 is 2.05 bits per heavy atom. The second kappa shape index (κ2) is 4.40. The number of aromatic hydroxyl groups is 2. The topological polar surface area (TPSA) is 84.9 Å². The van der Waals surface area contributed by atoms with Crippen molar-refractivity contribution in [2.45, 2.75) is 44.8 Å². The van der Waals surface area contributed by atoms with Gasteiger partial charge in [-0.15, -0.1) is 0 Å². The van der Waals surface area contributed by atoms with Crippen LogP contribution in [0, 0.1) is 0 Å². The minimum Gasteiger partial charge on any atom is -0.504 e. The normalized spacial score (nSPS) is 22.5. The SMILES string of the molecule is CC1(C)OB(C(N)c2ccc(O)c(O)c2)OC1(C)C. The van der Waals surface area contributed by atoms with E-state index in [9.17, 15) is 10.2 Å². The quantitative estimate of drug-likeness (QED) is 0.560. The van der Waals surface area contributed by atoms with Gasteiger partial charge in [0.15, 0.2) is 11.5 Å². The Bertz CT molecular complexity index is 474. The predicted octanol–water partition coefficient (Wildman–Crippen LogP) is 1.73. The van der Waals surface area contributed by atoms with E-state index in [0.717, 1.165) is 0 Å². The van der Waals surface area contributed by atoms with Gasteiger partial charge in [0.1, 0.15) is 0 Å². The Hall–Kier alpha value is -1.24. The van der Waals surface area contributed by atoms with E-state index in [0.29, 0.717) is 5.56 Å². The van der Waals surface area contributed by atoms with Crippen molar-refractivity contribution in [3.05, 3.63) is 23.8 Å². The molecule has 2 rings (SSSR count). The Labute approximate surface area is 113 Å². The summed E-state index contributed by atoms with van der Waals surface area (Å²) in [5.74, 6) is -0.915. The molecule has 1 aliphatic heterocycles. The fraction of sp³-hybridized carbons (Fsp3) is 0.538. The second-order valence-corrected chi connectivity index (χ2v) is 5.90. The first-order valence-corrected chi connectivity index (χ1v) is 6.27. The molecule has 4 N–H and O–H groups in total. The number of nitrogens with two attached hydrogens (primary N) is 1. The molecule has 0 saturated carbocycles. The zero-order valence-electron chi connectivity index (χ0n) is 11.7. The van der Waals surface area contributed by atoms with Crippen molar-refractivity contribution in [1.82, 2.24) is 0 Å². The van der Waals surface area contributed by atoms with E-state index in [-0.39, 0.29) is 11.5 Å². The van der Waals surface area contributed by atoms with Crippen molar-refractivity contribution in [2.75, 3.05) is 0 Å². The van der Waals surface area contributed by atoms with Crippen LogP contribution < -0.4 is 5.73 Å². The zero-order chi connectivity index (χ0) is 14.4. The summed E-state index contributed by atoms with van der Waals surface area (Å²) in [6.07, 6.45) is 0. The fourth-order valence-electron chi connectivity index (χ4n) is 1.94. The first-order valence-electron chi connectivity index (χ1n) is 6.27. The first kappa shape index (κ1) is 14.2. The minimum atomic E-state index is -0.589. The van der Waals surface area contributed by atoms with Gasteiger partial charge in [0.2, 0.25) is 0 Å². The number of hydrogen-bond donors (Lipinski definition) is 3. The molecule has 0 bridgehead atoms. The smallest absolute Gasteiger partial charge is 0.480 e. The second-order valence-electron chi connectivity index (χ2n) is 5.90. The van der Waals surface area contributed by atoms with Crippen LogP contribution in [0.3, 0.4) is 0 Å². The van der Waals surface area contributed by atoms with E-state index in [2.05, 4.69) is 0 Å². The van der Waals surface area contributed by atoms with Crippen molar-refractivity contribution in [2.24, 2.45) is 5.73 Å². The molecular formula is C13H20BNO4. The average Bonchev–Trinajstić information content (AvgIpc) is 2.51. The molecule has 0 aromatic heterocycles. The molecule has 0 spiro atoms. The zero-order valence-corrected chi connectivity index (χ0v) is 11.7. The van der Waals surface area contributed by atoms with Crippen LogP contribution in [0.25, 0.3) is 0 Å². The van der Waals surface area contributed by atoms with Gasteiger partial charge in [0.05, 0.1) is 17.1 Å². The molecule has 104 valence electrons. The number of phenols is 2. The van der Waals surface area contributed by atoms with Crippen molar-refractivity contribution in [3.8, 4) is 11.5 Å². The van der Waals surface area contributed by atoms with Crippen LogP contribution in [0.2, 0.25) is 0 Å². The maximum Gasteiger partial charge on any atom is 0.480 e. The van der Waals surface area contributed by atoms with Gasteiger partial charge >= 0.3 is 7.12 Å². The summed E-state index contributed by atoms with van der Waals surface area (Å²) in [6, 6.07) is 4.46. The Morgan fingerprint density at radius 2 is 1.58 bits per heavy atom. The summed E-state index contributed by atoms with van der Waals surface area (Å²) in [7, 11) is -0.589. The monoisotopic (exact) mass is 265 g/mol. The van der Waals surface area contributed by atoms with E-state index >= 15 is 0 Å². The molecule has 1 atom stereocenters. The fourth-order valence-corrected chi connectivity index (χ4v) is 1.94. The highest BCUT2D eigenvalue weighted by molar-refractivity contribution is 6.47. The van der Waals surface area contributed by atoms with Gasteiger partial charge in [0, 0.05) is 0 Å². The van der Waals surface area contributed by atoms with Crippen LogP contribution in [0.1, 0.15) is 39.2 Å². The lowest BCUT2D eigenvalue weighted by Gasteiger charge is -2.32. The van der Waals surface area contributed by atoms with Crippen molar-refractivity contribution < 1.29 is 19.5 Å². The molecule has 1 fully saturated rings. The summed E-state index contributed by atoms with van der Waals surface area (Å²) < 4.78 is 11.7. The van der Waals surface area contributed by atoms with Gasteiger partial charge in [0.25, 0.3) is 0 Å². The van der Waals surface area contributed by atoms with Gasteiger partial charge in [-0.3, -0.25) is 0 Å². The maximum atomic E-state index is 9.51. The molecule has 19 heavy (non-hydrogen) atoms. The van der Waals surface area contributed by atoms with Gasteiger partial charge in [-0.2, -0.15) is 0 Å². The lowest BCUT2D eigenvalue weighted by Crippen LogP contribution is -2.41. The number of hydrogen-bond acceptors (Lipinski definition) is 5. The number of benzene rings is 1. The molecule has 1 aliphatic rings. The molecule has 1 heterocycles. The summed E-state index contributed by atoms with van der Waals surface area (Å²) in [5, 5.41) is 18.8. The molecule has 6 heteroatoms. The van der Waals surface area contributed by atoms with E-state index in [1.54, 1.807) is 6.07 Å². The van der Waals surface area contributed by atoms with Crippen LogP contribution >= 0.6 is 0 Å². The summed E-state index contributed by atoms with van der Waals surface area (Å²) >= 11 is 0. The molecule has 5 nitrogen and oxygen atoms in total. The Kier molecular flexibility index (Phi) is 3.29. The highest BCUT2D eigenvalue weighted by atomic mass is 16.7. The molecule has 0 aliphatic carbocycles. The van der Waals surface area contributed by atoms with Crippen LogP contribution in [0.4, 0.5) is 0 Å². The first-order chi connectivity index (χ1) is 8.64. The summed E-state index contributed by atoms with van der Waals surface area (Å²) in [4.78, 5) is 0. The third kappa shape index (κ3) is 2.43.